The molecular formula is C14H15BrN2O2. The van der Waals surface area contributed by atoms with E-state index in [1.807, 2.05) is 24.3 Å². The minimum absolute atomic E-state index is 0.438. The molecule has 1 aromatic rings. The lowest BCUT2D eigenvalue weighted by atomic mass is 9.75. The van der Waals surface area contributed by atoms with E-state index in [-0.39, 0.29) is 0 Å². The van der Waals surface area contributed by atoms with E-state index in [0.29, 0.717) is 32.4 Å². The first kappa shape index (κ1) is 13.9. The number of benzene rings is 1. The summed E-state index contributed by atoms with van der Waals surface area (Å²) >= 11 is 3.50. The molecule has 4 nitrogen and oxygen atoms in total. The number of carbonyl (C=O) groups is 1. The van der Waals surface area contributed by atoms with Gasteiger partial charge in [-0.15, -0.1) is 0 Å². The van der Waals surface area contributed by atoms with Gasteiger partial charge in [-0.2, -0.15) is 5.26 Å². The fourth-order valence-electron chi connectivity index (χ4n) is 2.46. The van der Waals surface area contributed by atoms with Crippen molar-refractivity contribution in [3.8, 4) is 6.07 Å². The largest absolute Gasteiger partial charge is 0.465 e. The Hall–Kier alpha value is -1.54. The van der Waals surface area contributed by atoms with Crippen molar-refractivity contribution >= 4 is 22.0 Å². The number of halogens is 1. The lowest BCUT2D eigenvalue weighted by Gasteiger charge is -2.36. The third kappa shape index (κ3) is 3.07. The Balaban J connectivity index is 2.12. The van der Waals surface area contributed by atoms with Crippen LogP contribution >= 0.6 is 15.9 Å². The molecule has 19 heavy (non-hydrogen) atoms. The average molecular weight is 323 g/mol. The van der Waals surface area contributed by atoms with Gasteiger partial charge in [-0.25, -0.2) is 4.79 Å². The van der Waals surface area contributed by atoms with Crippen molar-refractivity contribution in [3.05, 3.63) is 34.3 Å². The maximum Gasteiger partial charge on any atom is 0.407 e. The first-order chi connectivity index (χ1) is 9.06. The van der Waals surface area contributed by atoms with Gasteiger partial charge < -0.3 is 10.0 Å². The highest BCUT2D eigenvalue weighted by Crippen LogP contribution is 2.36. The molecule has 0 aliphatic carbocycles. The molecule has 1 aliphatic rings. The van der Waals surface area contributed by atoms with Gasteiger partial charge in [0.25, 0.3) is 0 Å². The zero-order valence-electron chi connectivity index (χ0n) is 10.5. The minimum atomic E-state index is -0.896. The fraction of sp³-hybridized carbons (Fsp3) is 0.429. The van der Waals surface area contributed by atoms with Gasteiger partial charge in [0.05, 0.1) is 11.5 Å². The van der Waals surface area contributed by atoms with E-state index in [1.54, 1.807) is 0 Å². The van der Waals surface area contributed by atoms with E-state index in [9.17, 15) is 10.1 Å². The van der Waals surface area contributed by atoms with E-state index in [0.717, 1.165) is 10.0 Å². The molecule has 100 valence electrons. The number of likely N-dealkylation sites (tertiary alicyclic amines) is 1. The second-order valence-electron chi connectivity index (χ2n) is 4.93. The van der Waals surface area contributed by atoms with Gasteiger partial charge in [-0.05, 0) is 30.9 Å². The molecule has 0 spiro atoms. The number of amides is 1. The van der Waals surface area contributed by atoms with Gasteiger partial charge in [0.2, 0.25) is 0 Å². The maximum atomic E-state index is 10.9. The molecule has 1 N–H and O–H groups in total. The zero-order valence-corrected chi connectivity index (χ0v) is 12.1. The highest BCUT2D eigenvalue weighted by Gasteiger charge is 2.36. The third-order valence-corrected chi connectivity index (χ3v) is 4.49. The summed E-state index contributed by atoms with van der Waals surface area (Å²) in [7, 11) is 0. The summed E-state index contributed by atoms with van der Waals surface area (Å²) in [6.07, 6.45) is 0.958. The Bertz CT molecular complexity index is 516. The summed E-state index contributed by atoms with van der Waals surface area (Å²) in [6.45, 7) is 0.876. The quantitative estimate of drug-likeness (QED) is 0.908. The normalized spacial score (nSPS) is 17.8. The summed E-state index contributed by atoms with van der Waals surface area (Å²) in [6, 6.07) is 10.3. The Morgan fingerprint density at radius 2 is 2.05 bits per heavy atom. The summed E-state index contributed by atoms with van der Waals surface area (Å²) in [5.74, 6) is 0. The van der Waals surface area contributed by atoms with E-state index in [2.05, 4.69) is 22.0 Å². The zero-order chi connectivity index (χ0) is 13.9. The number of nitriles is 1. The molecule has 0 unspecified atom stereocenters. The van der Waals surface area contributed by atoms with Crippen LogP contribution in [0.15, 0.2) is 28.7 Å². The van der Waals surface area contributed by atoms with E-state index < -0.39 is 11.5 Å². The van der Waals surface area contributed by atoms with Gasteiger partial charge >= 0.3 is 6.09 Å². The monoisotopic (exact) mass is 322 g/mol. The first-order valence-corrected chi connectivity index (χ1v) is 6.98. The van der Waals surface area contributed by atoms with E-state index >= 15 is 0 Å². The molecule has 1 heterocycles. The van der Waals surface area contributed by atoms with Crippen LogP contribution in [0.3, 0.4) is 0 Å². The molecular weight excluding hydrogens is 308 g/mol. The Kier molecular flexibility index (Phi) is 4.11. The summed E-state index contributed by atoms with van der Waals surface area (Å²) < 4.78 is 1.00. The van der Waals surface area contributed by atoms with Gasteiger partial charge in [-0.1, -0.05) is 34.1 Å². The van der Waals surface area contributed by atoms with E-state index in [1.165, 1.54) is 4.90 Å². The summed E-state index contributed by atoms with van der Waals surface area (Å²) in [5.41, 5.74) is 0.656. The van der Waals surface area contributed by atoms with Crippen LogP contribution in [0.25, 0.3) is 0 Å². The van der Waals surface area contributed by atoms with Crippen LogP contribution in [0, 0.1) is 16.7 Å². The second-order valence-corrected chi connectivity index (χ2v) is 5.78. The predicted octanol–water partition coefficient (Wildman–Crippen LogP) is 3.28. The fourth-order valence-corrected chi connectivity index (χ4v) is 2.89. The van der Waals surface area contributed by atoms with Crippen molar-refractivity contribution in [2.45, 2.75) is 19.3 Å². The molecule has 0 bridgehead atoms. The molecule has 1 aliphatic heterocycles. The van der Waals surface area contributed by atoms with Crippen molar-refractivity contribution < 1.29 is 9.90 Å². The van der Waals surface area contributed by atoms with Gasteiger partial charge in [-0.3, -0.25) is 0 Å². The van der Waals surface area contributed by atoms with E-state index in [4.69, 9.17) is 5.11 Å². The molecule has 0 aromatic heterocycles. The van der Waals surface area contributed by atoms with Crippen LogP contribution in [0.1, 0.15) is 18.4 Å². The highest BCUT2D eigenvalue weighted by atomic mass is 79.9. The van der Waals surface area contributed by atoms with Gasteiger partial charge in [0.15, 0.2) is 0 Å². The molecule has 0 atom stereocenters. The van der Waals surface area contributed by atoms with Crippen molar-refractivity contribution in [2.24, 2.45) is 5.41 Å². The standard InChI is InChI=1S/C14H15BrN2O2/c15-12-4-2-1-3-11(12)9-14(10-16)5-7-17(8-6-14)13(18)19/h1-4H,5-9H2,(H,18,19). The molecule has 1 amide bonds. The SMILES string of the molecule is N#CC1(Cc2ccccc2Br)CCN(C(=O)O)CC1. The van der Waals surface area contributed by atoms with Crippen LogP contribution in [-0.2, 0) is 6.42 Å². The number of hydrogen-bond donors (Lipinski definition) is 1. The number of piperidine rings is 1. The molecule has 1 fully saturated rings. The molecule has 0 radical (unpaired) electrons. The van der Waals surface area contributed by atoms with Crippen molar-refractivity contribution in [1.82, 2.24) is 4.90 Å². The van der Waals surface area contributed by atoms with Crippen LogP contribution in [0.4, 0.5) is 4.79 Å². The second kappa shape index (κ2) is 5.62. The lowest BCUT2D eigenvalue weighted by molar-refractivity contribution is 0.110. The van der Waals surface area contributed by atoms with Crippen LogP contribution in [0.5, 0.6) is 0 Å². The smallest absolute Gasteiger partial charge is 0.407 e. The third-order valence-electron chi connectivity index (χ3n) is 3.71. The number of nitrogens with zero attached hydrogens (tertiary/aromatic N) is 2. The highest BCUT2D eigenvalue weighted by molar-refractivity contribution is 9.10. The van der Waals surface area contributed by atoms with Crippen molar-refractivity contribution in [3.63, 3.8) is 0 Å². The minimum Gasteiger partial charge on any atom is -0.465 e. The lowest BCUT2D eigenvalue weighted by Crippen LogP contribution is -2.43. The van der Waals surface area contributed by atoms with Crippen LogP contribution in [0.2, 0.25) is 0 Å². The molecule has 0 saturated carbocycles. The van der Waals surface area contributed by atoms with Crippen molar-refractivity contribution in [2.75, 3.05) is 13.1 Å². The number of carboxylic acid groups (broad SMARTS) is 1. The molecule has 2 rings (SSSR count). The number of rotatable bonds is 2. The van der Waals surface area contributed by atoms with Crippen molar-refractivity contribution in [1.29, 1.82) is 5.26 Å². The van der Waals surface area contributed by atoms with Crippen LogP contribution in [-0.4, -0.2) is 29.2 Å². The summed E-state index contributed by atoms with van der Waals surface area (Å²) in [4.78, 5) is 12.3. The van der Waals surface area contributed by atoms with Gasteiger partial charge in [0.1, 0.15) is 0 Å². The molecule has 1 aromatic carbocycles. The summed E-state index contributed by atoms with van der Waals surface area (Å²) in [5, 5.41) is 18.4. The molecule has 1 saturated heterocycles. The predicted molar refractivity (Wildman–Crippen MR) is 74.7 cm³/mol. The van der Waals surface area contributed by atoms with Gasteiger partial charge in [0, 0.05) is 17.6 Å². The van der Waals surface area contributed by atoms with Crippen LogP contribution < -0.4 is 0 Å². The topological polar surface area (TPSA) is 64.3 Å². The Labute approximate surface area is 120 Å². The number of hydrogen-bond acceptors (Lipinski definition) is 2. The molecule has 5 heteroatoms. The average Bonchev–Trinajstić information content (AvgIpc) is 2.42. The Morgan fingerprint density at radius 1 is 1.42 bits per heavy atom. The first-order valence-electron chi connectivity index (χ1n) is 6.19. The Morgan fingerprint density at radius 3 is 2.58 bits per heavy atom. The maximum absolute atomic E-state index is 10.9.